The first-order valence-electron chi connectivity index (χ1n) is 5.43. The molecular weight excluding hydrogens is 208 g/mol. The number of nitrogens with one attached hydrogen (secondary N) is 1. The summed E-state index contributed by atoms with van der Waals surface area (Å²) in [6, 6.07) is -0.576. The van der Waals surface area contributed by atoms with Crippen molar-refractivity contribution in [2.75, 3.05) is 0 Å². The van der Waals surface area contributed by atoms with Gasteiger partial charge in [-0.25, -0.2) is 0 Å². The van der Waals surface area contributed by atoms with E-state index in [4.69, 9.17) is 10.8 Å². The first-order valence-corrected chi connectivity index (χ1v) is 5.43. The molecule has 5 heteroatoms. The van der Waals surface area contributed by atoms with Crippen LogP contribution in [0.2, 0.25) is 0 Å². The third-order valence-electron chi connectivity index (χ3n) is 2.12. The van der Waals surface area contributed by atoms with E-state index in [0.29, 0.717) is 12.3 Å². The Balaban J connectivity index is 4.26. The summed E-state index contributed by atoms with van der Waals surface area (Å²) in [6.07, 6.45) is 0.474. The number of carboxylic acid groups (broad SMARTS) is 1. The molecule has 0 saturated carbocycles. The predicted molar refractivity (Wildman–Crippen MR) is 61.9 cm³/mol. The van der Waals surface area contributed by atoms with Crippen molar-refractivity contribution < 1.29 is 14.7 Å². The zero-order valence-corrected chi connectivity index (χ0v) is 10.4. The summed E-state index contributed by atoms with van der Waals surface area (Å²) in [7, 11) is 0. The van der Waals surface area contributed by atoms with E-state index in [1.54, 1.807) is 13.8 Å². The van der Waals surface area contributed by atoms with Gasteiger partial charge in [0.05, 0.1) is 12.5 Å². The lowest BCUT2D eigenvalue weighted by Gasteiger charge is -2.26. The van der Waals surface area contributed by atoms with Gasteiger partial charge in [0.2, 0.25) is 5.91 Å². The van der Waals surface area contributed by atoms with Gasteiger partial charge in [0.1, 0.15) is 0 Å². The largest absolute Gasteiger partial charge is 0.481 e. The molecular formula is C11H22N2O3. The van der Waals surface area contributed by atoms with Crippen LogP contribution in [0, 0.1) is 5.92 Å². The van der Waals surface area contributed by atoms with Crippen LogP contribution in [0.5, 0.6) is 0 Å². The monoisotopic (exact) mass is 230 g/mol. The third kappa shape index (κ3) is 6.40. The van der Waals surface area contributed by atoms with Crippen LogP contribution >= 0.6 is 0 Å². The summed E-state index contributed by atoms with van der Waals surface area (Å²) in [5, 5.41) is 11.3. The van der Waals surface area contributed by atoms with Crippen LogP contribution in [0.3, 0.4) is 0 Å². The molecule has 0 aliphatic carbocycles. The lowest BCUT2D eigenvalue weighted by molar-refractivity contribution is -0.138. The average Bonchev–Trinajstić information content (AvgIpc) is 1.98. The average molecular weight is 230 g/mol. The minimum Gasteiger partial charge on any atom is -0.481 e. The Morgan fingerprint density at radius 1 is 1.38 bits per heavy atom. The first kappa shape index (κ1) is 14.9. The molecule has 0 aromatic rings. The highest BCUT2D eigenvalue weighted by Crippen LogP contribution is 2.10. The zero-order valence-electron chi connectivity index (χ0n) is 10.4. The summed E-state index contributed by atoms with van der Waals surface area (Å²) < 4.78 is 0. The number of hydrogen-bond donors (Lipinski definition) is 3. The van der Waals surface area contributed by atoms with Gasteiger partial charge in [-0.1, -0.05) is 13.8 Å². The van der Waals surface area contributed by atoms with Gasteiger partial charge in [-0.05, 0) is 26.2 Å². The standard InChI is InChI=1S/C11H22N2O3/c1-7(2)5-8(12)10(16)13-11(3,4)6-9(14)15/h7-8H,5-6,12H2,1-4H3,(H,13,16)(H,14,15)/t8-/m1/s1. The van der Waals surface area contributed by atoms with Crippen molar-refractivity contribution in [2.45, 2.75) is 52.1 Å². The number of carbonyl (C=O) groups excluding carboxylic acids is 1. The number of carboxylic acids is 1. The Labute approximate surface area is 96.4 Å². The fourth-order valence-corrected chi connectivity index (χ4v) is 1.46. The van der Waals surface area contributed by atoms with Crippen LogP contribution in [0.1, 0.15) is 40.5 Å². The molecule has 94 valence electrons. The van der Waals surface area contributed by atoms with E-state index in [9.17, 15) is 9.59 Å². The molecule has 0 unspecified atom stereocenters. The van der Waals surface area contributed by atoms with Crippen molar-refractivity contribution in [1.29, 1.82) is 0 Å². The summed E-state index contributed by atoms with van der Waals surface area (Å²) in [6.45, 7) is 7.30. The van der Waals surface area contributed by atoms with Crippen molar-refractivity contribution in [3.63, 3.8) is 0 Å². The summed E-state index contributed by atoms with van der Waals surface area (Å²) in [4.78, 5) is 22.2. The Morgan fingerprint density at radius 2 is 1.88 bits per heavy atom. The molecule has 4 N–H and O–H groups in total. The van der Waals surface area contributed by atoms with Gasteiger partial charge in [-0.2, -0.15) is 0 Å². The van der Waals surface area contributed by atoms with Crippen molar-refractivity contribution in [3.05, 3.63) is 0 Å². The minimum absolute atomic E-state index is 0.118. The Bertz CT molecular complexity index is 262. The first-order chi connectivity index (χ1) is 7.14. The number of aliphatic carboxylic acids is 1. The predicted octanol–water partition coefficient (Wildman–Crippen LogP) is 0.729. The highest BCUT2D eigenvalue weighted by molar-refractivity contribution is 5.82. The molecule has 0 aliphatic rings. The Hall–Kier alpha value is -1.10. The fraction of sp³-hybridized carbons (Fsp3) is 0.818. The van der Waals surface area contributed by atoms with E-state index in [-0.39, 0.29) is 12.3 Å². The molecule has 1 atom stereocenters. The normalized spacial score (nSPS) is 13.6. The Morgan fingerprint density at radius 3 is 2.25 bits per heavy atom. The quantitative estimate of drug-likeness (QED) is 0.627. The maximum absolute atomic E-state index is 11.6. The van der Waals surface area contributed by atoms with Gasteiger partial charge in [0, 0.05) is 5.54 Å². The molecule has 0 fully saturated rings. The smallest absolute Gasteiger partial charge is 0.305 e. The molecule has 0 saturated heterocycles. The number of amides is 1. The van der Waals surface area contributed by atoms with Gasteiger partial charge >= 0.3 is 5.97 Å². The number of rotatable bonds is 6. The topological polar surface area (TPSA) is 92.4 Å². The van der Waals surface area contributed by atoms with Gasteiger partial charge in [-0.3, -0.25) is 9.59 Å². The molecule has 0 aromatic heterocycles. The van der Waals surface area contributed by atoms with Gasteiger partial charge in [0.25, 0.3) is 0 Å². The molecule has 0 rings (SSSR count). The summed E-state index contributed by atoms with van der Waals surface area (Å²) >= 11 is 0. The van der Waals surface area contributed by atoms with Crippen LogP contribution in [0.15, 0.2) is 0 Å². The molecule has 1 amide bonds. The molecule has 16 heavy (non-hydrogen) atoms. The number of nitrogens with two attached hydrogens (primary N) is 1. The second-order valence-corrected chi connectivity index (χ2v) is 5.18. The van der Waals surface area contributed by atoms with Gasteiger partial charge in [0.15, 0.2) is 0 Å². The van der Waals surface area contributed by atoms with Crippen molar-refractivity contribution in [3.8, 4) is 0 Å². The van der Waals surface area contributed by atoms with Crippen molar-refractivity contribution in [1.82, 2.24) is 5.32 Å². The Kier molecular flexibility index (Phi) is 5.44. The number of hydrogen-bond acceptors (Lipinski definition) is 3. The van der Waals surface area contributed by atoms with Crippen LogP contribution in [0.25, 0.3) is 0 Å². The van der Waals surface area contributed by atoms with E-state index in [1.807, 2.05) is 13.8 Å². The van der Waals surface area contributed by atoms with Gasteiger partial charge < -0.3 is 16.2 Å². The minimum atomic E-state index is -0.942. The molecule has 0 heterocycles. The van der Waals surface area contributed by atoms with Crippen molar-refractivity contribution in [2.24, 2.45) is 11.7 Å². The number of carbonyl (C=O) groups is 2. The maximum Gasteiger partial charge on any atom is 0.305 e. The van der Waals surface area contributed by atoms with E-state index in [2.05, 4.69) is 5.32 Å². The highest BCUT2D eigenvalue weighted by atomic mass is 16.4. The second-order valence-electron chi connectivity index (χ2n) is 5.18. The lowest BCUT2D eigenvalue weighted by Crippen LogP contribution is -2.51. The molecule has 0 spiro atoms. The van der Waals surface area contributed by atoms with Crippen LogP contribution in [-0.2, 0) is 9.59 Å². The van der Waals surface area contributed by atoms with Crippen molar-refractivity contribution >= 4 is 11.9 Å². The fourth-order valence-electron chi connectivity index (χ4n) is 1.46. The molecule has 0 bridgehead atoms. The molecule has 5 nitrogen and oxygen atoms in total. The molecule has 0 aromatic carbocycles. The van der Waals surface area contributed by atoms with Gasteiger partial charge in [-0.15, -0.1) is 0 Å². The lowest BCUT2D eigenvalue weighted by atomic mass is 9.98. The maximum atomic E-state index is 11.6. The molecule has 0 radical (unpaired) electrons. The third-order valence-corrected chi connectivity index (χ3v) is 2.12. The van der Waals surface area contributed by atoms with Crippen LogP contribution in [-0.4, -0.2) is 28.6 Å². The summed E-state index contributed by atoms with van der Waals surface area (Å²) in [5.74, 6) is -0.897. The summed E-state index contributed by atoms with van der Waals surface area (Å²) in [5.41, 5.74) is 4.93. The SMILES string of the molecule is CC(C)C[C@@H](N)C(=O)NC(C)(C)CC(=O)O. The van der Waals surface area contributed by atoms with E-state index < -0.39 is 17.6 Å². The van der Waals surface area contributed by atoms with E-state index in [0.717, 1.165) is 0 Å². The zero-order chi connectivity index (χ0) is 12.9. The molecule has 0 aliphatic heterocycles. The highest BCUT2D eigenvalue weighted by Gasteiger charge is 2.26. The van der Waals surface area contributed by atoms with E-state index in [1.165, 1.54) is 0 Å². The van der Waals surface area contributed by atoms with Crippen LogP contribution < -0.4 is 11.1 Å². The van der Waals surface area contributed by atoms with Crippen LogP contribution in [0.4, 0.5) is 0 Å². The second kappa shape index (κ2) is 5.84. The van der Waals surface area contributed by atoms with E-state index >= 15 is 0 Å².